The Labute approximate surface area is 100.0 Å². The van der Waals surface area contributed by atoms with Gasteiger partial charge in [0.25, 0.3) is 0 Å². The van der Waals surface area contributed by atoms with Crippen molar-refractivity contribution in [2.45, 2.75) is 13.8 Å². The van der Waals surface area contributed by atoms with Crippen LogP contribution in [0, 0.1) is 0 Å². The Morgan fingerprint density at radius 2 is 2.06 bits per heavy atom. The third-order valence-corrected chi connectivity index (χ3v) is 3.54. The summed E-state index contributed by atoms with van der Waals surface area (Å²) in [6.07, 6.45) is 0. The number of halogens is 1. The second-order valence-corrected chi connectivity index (χ2v) is 4.59. The summed E-state index contributed by atoms with van der Waals surface area (Å²) in [7, 11) is 0. The van der Waals surface area contributed by atoms with Gasteiger partial charge in [0.15, 0.2) is 5.71 Å². The Morgan fingerprint density at radius 3 is 2.81 bits per heavy atom. The first-order valence-electron chi connectivity index (χ1n) is 5.56. The van der Waals surface area contributed by atoms with Gasteiger partial charge in [-0.05, 0) is 24.4 Å². The Bertz CT molecular complexity index is 626. The predicted molar refractivity (Wildman–Crippen MR) is 69.2 cm³/mol. The Balaban J connectivity index is 2.50. The molecule has 0 aliphatic carbocycles. The maximum Gasteiger partial charge on any atom is 0.215 e. The van der Waals surface area contributed by atoms with Crippen LogP contribution in [-0.2, 0) is 0 Å². The van der Waals surface area contributed by atoms with Crippen LogP contribution in [0.5, 0.6) is 0 Å². The van der Waals surface area contributed by atoms with Gasteiger partial charge in [-0.1, -0.05) is 23.7 Å². The van der Waals surface area contributed by atoms with Gasteiger partial charge in [0.1, 0.15) is 6.54 Å². The molecule has 1 aliphatic rings. The summed E-state index contributed by atoms with van der Waals surface area (Å²) in [5.41, 5.74) is 3.91. The molecular formula is C14H13ClN+. The maximum absolute atomic E-state index is 6.16. The molecule has 0 bridgehead atoms. The summed E-state index contributed by atoms with van der Waals surface area (Å²) >= 11 is 6.16. The smallest absolute Gasteiger partial charge is 0.195 e. The van der Waals surface area contributed by atoms with E-state index in [1.807, 2.05) is 6.07 Å². The molecule has 2 aromatic rings. The van der Waals surface area contributed by atoms with Gasteiger partial charge in [0, 0.05) is 18.0 Å². The average Bonchev–Trinajstić information content (AvgIpc) is 2.53. The lowest BCUT2D eigenvalue weighted by molar-refractivity contribution is -0.432. The maximum atomic E-state index is 6.16. The molecule has 0 radical (unpaired) electrons. The van der Waals surface area contributed by atoms with Crippen molar-refractivity contribution in [3.05, 3.63) is 40.9 Å². The van der Waals surface area contributed by atoms with Crippen molar-refractivity contribution in [1.29, 1.82) is 0 Å². The van der Waals surface area contributed by atoms with Gasteiger partial charge in [-0.3, -0.25) is 0 Å². The highest BCUT2D eigenvalue weighted by Gasteiger charge is 2.28. The number of hydrogen-bond acceptors (Lipinski definition) is 0. The lowest BCUT2D eigenvalue weighted by atomic mass is 10.0. The molecule has 0 atom stereocenters. The summed E-state index contributed by atoms with van der Waals surface area (Å²) in [6.45, 7) is 5.32. The highest BCUT2D eigenvalue weighted by Crippen LogP contribution is 2.37. The van der Waals surface area contributed by atoms with Crippen LogP contribution in [0.2, 0.25) is 5.02 Å². The molecule has 2 aromatic carbocycles. The summed E-state index contributed by atoms with van der Waals surface area (Å²) in [6, 6.07) is 10.5. The molecule has 0 spiro atoms. The van der Waals surface area contributed by atoms with E-state index in [2.05, 4.69) is 42.7 Å². The third kappa shape index (κ3) is 1.15. The van der Waals surface area contributed by atoms with Crippen LogP contribution < -0.4 is 0 Å². The molecule has 80 valence electrons. The Hall–Kier alpha value is -1.34. The van der Waals surface area contributed by atoms with E-state index in [1.165, 1.54) is 27.7 Å². The van der Waals surface area contributed by atoms with Crippen LogP contribution >= 0.6 is 11.6 Å². The summed E-state index contributed by atoms with van der Waals surface area (Å²) in [4.78, 5) is 0. The molecule has 1 nitrogen and oxygen atoms in total. The number of rotatable bonds is 1. The highest BCUT2D eigenvalue weighted by atomic mass is 35.5. The largest absolute Gasteiger partial charge is 0.215 e. The van der Waals surface area contributed by atoms with Crippen LogP contribution in [-0.4, -0.2) is 16.8 Å². The van der Waals surface area contributed by atoms with E-state index in [9.17, 15) is 0 Å². The van der Waals surface area contributed by atoms with E-state index in [-0.39, 0.29) is 0 Å². The van der Waals surface area contributed by atoms with Crippen molar-refractivity contribution in [3.63, 3.8) is 0 Å². The highest BCUT2D eigenvalue weighted by molar-refractivity contribution is 6.32. The van der Waals surface area contributed by atoms with Crippen molar-refractivity contribution >= 4 is 33.8 Å². The van der Waals surface area contributed by atoms with E-state index in [4.69, 9.17) is 11.6 Å². The van der Waals surface area contributed by atoms with Crippen molar-refractivity contribution in [3.8, 4) is 0 Å². The number of benzene rings is 2. The van der Waals surface area contributed by atoms with Crippen molar-refractivity contribution in [2.24, 2.45) is 0 Å². The van der Waals surface area contributed by atoms with Gasteiger partial charge in [-0.2, -0.15) is 4.58 Å². The molecule has 16 heavy (non-hydrogen) atoms. The van der Waals surface area contributed by atoms with E-state index in [0.29, 0.717) is 0 Å². The summed E-state index contributed by atoms with van der Waals surface area (Å²) in [5, 5.41) is 3.38. The van der Waals surface area contributed by atoms with Gasteiger partial charge in [-0.15, -0.1) is 0 Å². The number of nitrogens with zero attached hydrogens (tertiary/aromatic N) is 1. The van der Waals surface area contributed by atoms with Crippen molar-refractivity contribution in [1.82, 2.24) is 0 Å². The normalized spacial score (nSPS) is 13.9. The van der Waals surface area contributed by atoms with Crippen LogP contribution in [0.3, 0.4) is 0 Å². The quantitative estimate of drug-likeness (QED) is 0.652. The van der Waals surface area contributed by atoms with E-state index < -0.39 is 0 Å². The fraction of sp³-hybridized carbons (Fsp3) is 0.214. The minimum Gasteiger partial charge on any atom is -0.195 e. The topological polar surface area (TPSA) is 3.01 Å². The van der Waals surface area contributed by atoms with E-state index in [0.717, 1.165) is 11.6 Å². The molecular weight excluding hydrogens is 218 g/mol. The molecule has 2 heteroatoms. The van der Waals surface area contributed by atoms with Gasteiger partial charge < -0.3 is 0 Å². The molecule has 3 rings (SSSR count). The summed E-state index contributed by atoms with van der Waals surface area (Å²) in [5.74, 6) is 0. The lowest BCUT2D eigenvalue weighted by Gasteiger charge is -2.00. The Kier molecular flexibility index (Phi) is 2.05. The zero-order valence-electron chi connectivity index (χ0n) is 9.42. The van der Waals surface area contributed by atoms with Crippen LogP contribution in [0.25, 0.3) is 10.8 Å². The van der Waals surface area contributed by atoms with Gasteiger partial charge >= 0.3 is 0 Å². The zero-order valence-corrected chi connectivity index (χ0v) is 10.2. The fourth-order valence-electron chi connectivity index (χ4n) is 2.62. The Morgan fingerprint density at radius 1 is 1.25 bits per heavy atom. The molecule has 0 saturated carbocycles. The average molecular weight is 231 g/mol. The zero-order chi connectivity index (χ0) is 11.3. The van der Waals surface area contributed by atoms with Crippen molar-refractivity contribution < 1.29 is 4.58 Å². The minimum absolute atomic E-state index is 0.813. The summed E-state index contributed by atoms with van der Waals surface area (Å²) < 4.78 is 2.32. The second kappa shape index (κ2) is 3.33. The molecule has 0 saturated heterocycles. The van der Waals surface area contributed by atoms with Gasteiger partial charge in [-0.25, -0.2) is 0 Å². The molecule has 0 unspecified atom stereocenters. The minimum atomic E-state index is 0.813. The SMILES string of the molecule is CC[N+]1=C(C)c2cccc3cc(Cl)cc1c23. The molecule has 1 aliphatic heterocycles. The standard InChI is InChI=1S/C14H13ClN/c1-3-16-9(2)12-6-4-5-10-7-11(15)8-13(16)14(10)12/h4-8H,3H2,1-2H3/q+1. The second-order valence-electron chi connectivity index (χ2n) is 4.16. The first-order chi connectivity index (χ1) is 7.72. The van der Waals surface area contributed by atoms with Gasteiger partial charge in [0.2, 0.25) is 5.69 Å². The molecule has 0 fully saturated rings. The molecule has 1 heterocycles. The monoisotopic (exact) mass is 230 g/mol. The molecule has 0 amide bonds. The number of hydrogen-bond donors (Lipinski definition) is 0. The van der Waals surface area contributed by atoms with E-state index in [1.54, 1.807) is 0 Å². The van der Waals surface area contributed by atoms with Crippen LogP contribution in [0.15, 0.2) is 30.3 Å². The van der Waals surface area contributed by atoms with Crippen LogP contribution in [0.4, 0.5) is 5.69 Å². The van der Waals surface area contributed by atoms with Crippen molar-refractivity contribution in [2.75, 3.05) is 6.54 Å². The predicted octanol–water partition coefficient (Wildman–Crippen LogP) is 3.98. The van der Waals surface area contributed by atoms with E-state index >= 15 is 0 Å². The van der Waals surface area contributed by atoms with Crippen LogP contribution in [0.1, 0.15) is 19.4 Å². The first kappa shape index (κ1) is 9.86. The fourth-order valence-corrected chi connectivity index (χ4v) is 2.84. The molecule has 0 aromatic heterocycles. The lowest BCUT2D eigenvalue weighted by Crippen LogP contribution is -2.09. The van der Waals surface area contributed by atoms with Gasteiger partial charge in [0.05, 0.1) is 10.9 Å². The first-order valence-corrected chi connectivity index (χ1v) is 5.94. The molecule has 0 N–H and O–H groups in total. The third-order valence-electron chi connectivity index (χ3n) is 3.32.